The van der Waals surface area contributed by atoms with Crippen LogP contribution in [0.4, 0.5) is 0 Å². The summed E-state index contributed by atoms with van der Waals surface area (Å²) >= 11 is 0. The van der Waals surface area contributed by atoms with Crippen LogP contribution in [0.5, 0.6) is 0 Å². The van der Waals surface area contributed by atoms with Gasteiger partial charge in [-0.05, 0) is 27.2 Å². The van der Waals surface area contributed by atoms with E-state index in [0.29, 0.717) is 6.61 Å². The summed E-state index contributed by atoms with van der Waals surface area (Å²) in [4.78, 5) is 11.2. The molecule has 0 aromatic rings. The Kier molecular flexibility index (Phi) is 4.64. The van der Waals surface area contributed by atoms with Crippen LogP contribution >= 0.6 is 0 Å². The second kappa shape index (κ2) is 4.96. The predicted molar refractivity (Wildman–Crippen MR) is 49.8 cm³/mol. The molecule has 0 spiro atoms. The molecule has 0 atom stereocenters. The molecule has 70 valence electrons. The molecule has 0 fully saturated rings. The molecule has 0 aliphatic heterocycles. The predicted octanol–water partition coefficient (Wildman–Crippen LogP) is 2.54. The van der Waals surface area contributed by atoms with Gasteiger partial charge in [-0.3, -0.25) is 4.79 Å². The fourth-order valence-electron chi connectivity index (χ4n) is 0.575. The number of hydrogen-bond donors (Lipinski definition) is 0. The van der Waals surface area contributed by atoms with E-state index in [1.54, 1.807) is 0 Å². The highest BCUT2D eigenvalue weighted by molar-refractivity contribution is 5.75. The maximum Gasteiger partial charge on any atom is 0.311 e. The lowest BCUT2D eigenvalue weighted by molar-refractivity contribution is -0.151. The Hall–Kier alpha value is -0.790. The van der Waals surface area contributed by atoms with Gasteiger partial charge in [-0.25, -0.2) is 0 Å². The first-order chi connectivity index (χ1) is 5.48. The van der Waals surface area contributed by atoms with Crippen molar-refractivity contribution in [3.63, 3.8) is 0 Å². The zero-order valence-corrected chi connectivity index (χ0v) is 8.39. The largest absolute Gasteiger partial charge is 0.461 e. The van der Waals surface area contributed by atoms with Crippen molar-refractivity contribution < 1.29 is 9.53 Å². The maximum atomic E-state index is 11.2. The highest BCUT2D eigenvalue weighted by atomic mass is 16.5. The summed E-state index contributed by atoms with van der Waals surface area (Å²) in [5.74, 6) is -0.150. The van der Waals surface area contributed by atoms with Crippen molar-refractivity contribution in [3.05, 3.63) is 12.2 Å². The third-order valence-electron chi connectivity index (χ3n) is 1.33. The van der Waals surface area contributed by atoms with Crippen molar-refractivity contribution in [2.75, 3.05) is 6.61 Å². The molecule has 12 heavy (non-hydrogen) atoms. The normalized spacial score (nSPS) is 12.0. The van der Waals surface area contributed by atoms with E-state index in [-0.39, 0.29) is 11.4 Å². The highest BCUT2D eigenvalue weighted by Crippen LogP contribution is 2.14. The summed E-state index contributed by atoms with van der Waals surface area (Å²) in [6, 6.07) is 0. The summed E-state index contributed by atoms with van der Waals surface area (Å²) in [7, 11) is 0. The SMILES string of the molecule is CCC=CCOC(=O)C(C)(C)C. The average molecular weight is 170 g/mol. The zero-order chi connectivity index (χ0) is 9.61. The molecule has 2 nitrogen and oxygen atoms in total. The van der Waals surface area contributed by atoms with Gasteiger partial charge in [0.2, 0.25) is 0 Å². The first-order valence-corrected chi connectivity index (χ1v) is 4.30. The molecule has 0 N–H and O–H groups in total. The maximum absolute atomic E-state index is 11.2. The highest BCUT2D eigenvalue weighted by Gasteiger charge is 2.22. The molecule has 0 bridgehead atoms. The minimum Gasteiger partial charge on any atom is -0.461 e. The summed E-state index contributed by atoms with van der Waals surface area (Å²) < 4.78 is 4.98. The lowest BCUT2D eigenvalue weighted by Gasteiger charge is -2.15. The van der Waals surface area contributed by atoms with Crippen LogP contribution in [0.15, 0.2) is 12.2 Å². The van der Waals surface area contributed by atoms with E-state index in [0.717, 1.165) is 6.42 Å². The Bertz CT molecular complexity index is 163. The average Bonchev–Trinajstić information content (AvgIpc) is 1.96. The molecule has 0 amide bonds. The number of hydrogen-bond acceptors (Lipinski definition) is 2. The van der Waals surface area contributed by atoms with Crippen LogP contribution in [0.3, 0.4) is 0 Å². The van der Waals surface area contributed by atoms with Crippen LogP contribution in [0.1, 0.15) is 34.1 Å². The fraction of sp³-hybridized carbons (Fsp3) is 0.700. The van der Waals surface area contributed by atoms with Gasteiger partial charge in [0, 0.05) is 0 Å². The Morgan fingerprint density at radius 1 is 1.33 bits per heavy atom. The summed E-state index contributed by atoms with van der Waals surface area (Å²) in [5.41, 5.74) is -0.389. The van der Waals surface area contributed by atoms with Gasteiger partial charge in [0.15, 0.2) is 0 Å². The number of esters is 1. The molecule has 0 radical (unpaired) electrons. The zero-order valence-electron chi connectivity index (χ0n) is 8.39. The van der Waals surface area contributed by atoms with Gasteiger partial charge >= 0.3 is 5.97 Å². The smallest absolute Gasteiger partial charge is 0.311 e. The van der Waals surface area contributed by atoms with Gasteiger partial charge in [-0.1, -0.05) is 19.1 Å². The van der Waals surface area contributed by atoms with Crippen molar-refractivity contribution in [3.8, 4) is 0 Å². The molecule has 0 heterocycles. The van der Waals surface area contributed by atoms with E-state index in [1.165, 1.54) is 0 Å². The van der Waals surface area contributed by atoms with Crippen LogP contribution in [0.2, 0.25) is 0 Å². The molecular formula is C10H18O2. The monoisotopic (exact) mass is 170 g/mol. The molecular weight excluding hydrogens is 152 g/mol. The lowest BCUT2D eigenvalue weighted by atomic mass is 9.97. The van der Waals surface area contributed by atoms with Crippen molar-refractivity contribution in [1.29, 1.82) is 0 Å². The van der Waals surface area contributed by atoms with Crippen LogP contribution in [-0.4, -0.2) is 12.6 Å². The number of ether oxygens (including phenoxy) is 1. The van der Waals surface area contributed by atoms with E-state index < -0.39 is 0 Å². The number of rotatable bonds is 3. The molecule has 0 saturated carbocycles. The molecule has 2 heteroatoms. The van der Waals surface area contributed by atoms with E-state index in [1.807, 2.05) is 39.8 Å². The molecule has 0 aliphatic carbocycles. The fourth-order valence-corrected chi connectivity index (χ4v) is 0.575. The minimum atomic E-state index is -0.389. The van der Waals surface area contributed by atoms with E-state index in [9.17, 15) is 4.79 Å². The minimum absolute atomic E-state index is 0.150. The van der Waals surface area contributed by atoms with Gasteiger partial charge in [0.05, 0.1) is 5.41 Å². The molecule has 0 saturated heterocycles. The van der Waals surface area contributed by atoms with Gasteiger partial charge < -0.3 is 4.74 Å². The van der Waals surface area contributed by atoms with Gasteiger partial charge in [-0.15, -0.1) is 0 Å². The van der Waals surface area contributed by atoms with Crippen LogP contribution < -0.4 is 0 Å². The van der Waals surface area contributed by atoms with Crippen molar-refractivity contribution in [2.24, 2.45) is 5.41 Å². The lowest BCUT2D eigenvalue weighted by Crippen LogP contribution is -2.22. The van der Waals surface area contributed by atoms with Crippen molar-refractivity contribution in [2.45, 2.75) is 34.1 Å². The molecule has 0 unspecified atom stereocenters. The summed E-state index contributed by atoms with van der Waals surface area (Å²) in [6.07, 6.45) is 4.83. The molecule has 0 aromatic carbocycles. The van der Waals surface area contributed by atoms with E-state index >= 15 is 0 Å². The van der Waals surface area contributed by atoms with E-state index in [4.69, 9.17) is 4.74 Å². The van der Waals surface area contributed by atoms with Crippen molar-refractivity contribution >= 4 is 5.97 Å². The first kappa shape index (κ1) is 11.2. The Balaban J connectivity index is 3.66. The number of carbonyl (C=O) groups is 1. The van der Waals surface area contributed by atoms with Gasteiger partial charge in [-0.2, -0.15) is 0 Å². The van der Waals surface area contributed by atoms with Gasteiger partial charge in [0.25, 0.3) is 0 Å². The Morgan fingerprint density at radius 2 is 1.92 bits per heavy atom. The topological polar surface area (TPSA) is 26.3 Å². The third-order valence-corrected chi connectivity index (χ3v) is 1.33. The van der Waals surface area contributed by atoms with E-state index in [2.05, 4.69) is 0 Å². The Morgan fingerprint density at radius 3 is 2.33 bits per heavy atom. The van der Waals surface area contributed by atoms with Crippen LogP contribution in [0.25, 0.3) is 0 Å². The molecule has 0 rings (SSSR count). The summed E-state index contributed by atoms with van der Waals surface area (Å²) in [6.45, 7) is 7.97. The second-order valence-electron chi connectivity index (χ2n) is 3.73. The van der Waals surface area contributed by atoms with Crippen molar-refractivity contribution in [1.82, 2.24) is 0 Å². The molecule has 0 aliphatic rings. The van der Waals surface area contributed by atoms with Gasteiger partial charge in [0.1, 0.15) is 6.61 Å². The third kappa shape index (κ3) is 4.94. The number of allylic oxidation sites excluding steroid dienone is 1. The second-order valence-corrected chi connectivity index (χ2v) is 3.73. The first-order valence-electron chi connectivity index (χ1n) is 4.30. The Labute approximate surface area is 74.6 Å². The summed E-state index contributed by atoms with van der Waals surface area (Å²) in [5, 5.41) is 0. The molecule has 0 aromatic heterocycles. The van der Waals surface area contributed by atoms with Crippen LogP contribution in [0, 0.1) is 5.41 Å². The van der Waals surface area contributed by atoms with Crippen LogP contribution in [-0.2, 0) is 9.53 Å². The standard InChI is InChI=1S/C10H18O2/c1-5-6-7-8-12-9(11)10(2,3)4/h6-7H,5,8H2,1-4H3. The quantitative estimate of drug-likeness (QED) is 0.480. The number of carbonyl (C=O) groups excluding carboxylic acids is 1.